The lowest BCUT2D eigenvalue weighted by Gasteiger charge is -2.09. The predicted molar refractivity (Wildman–Crippen MR) is 96.2 cm³/mol. The zero-order valence-electron chi connectivity index (χ0n) is 13.8. The number of anilines is 1. The second kappa shape index (κ2) is 7.80. The van der Waals surface area contributed by atoms with Gasteiger partial charge in [0.2, 0.25) is 5.91 Å². The molecule has 1 aromatic carbocycles. The van der Waals surface area contributed by atoms with Crippen molar-refractivity contribution in [2.24, 2.45) is 0 Å². The minimum atomic E-state index is -0.125. The first-order chi connectivity index (χ1) is 12.2. The lowest BCUT2D eigenvalue weighted by atomic mass is 10.3. The molecule has 1 N–H and O–H groups in total. The number of carbonyl (C=O) groups is 1. The van der Waals surface area contributed by atoms with E-state index in [1.807, 2.05) is 35.8 Å². The van der Waals surface area contributed by atoms with Crippen LogP contribution in [0.1, 0.15) is 5.82 Å². The summed E-state index contributed by atoms with van der Waals surface area (Å²) in [5.74, 6) is 1.63. The number of aryl methyl sites for hydroxylation is 1. The zero-order chi connectivity index (χ0) is 17.6. The molecule has 128 valence electrons. The Hall–Kier alpha value is -2.87. The van der Waals surface area contributed by atoms with Crippen molar-refractivity contribution in [3.63, 3.8) is 0 Å². The molecule has 0 aliphatic rings. The smallest absolute Gasteiger partial charge is 0.234 e. The van der Waals surface area contributed by atoms with Gasteiger partial charge in [0.15, 0.2) is 5.16 Å². The summed E-state index contributed by atoms with van der Waals surface area (Å²) in [6.07, 6.45) is 3.26. The van der Waals surface area contributed by atoms with Crippen molar-refractivity contribution in [1.29, 1.82) is 0 Å². The highest BCUT2D eigenvalue weighted by Gasteiger charge is 2.13. The summed E-state index contributed by atoms with van der Waals surface area (Å²) in [6, 6.07) is 11.2. The molecule has 0 bridgehead atoms. The first-order valence-corrected chi connectivity index (χ1v) is 8.55. The van der Waals surface area contributed by atoms with Gasteiger partial charge in [-0.3, -0.25) is 14.3 Å². The van der Waals surface area contributed by atoms with Crippen LogP contribution < -0.4 is 10.1 Å². The minimum Gasteiger partial charge on any atom is -0.497 e. The zero-order valence-corrected chi connectivity index (χ0v) is 14.7. The lowest BCUT2D eigenvalue weighted by Crippen LogP contribution is -2.14. The van der Waals surface area contributed by atoms with E-state index in [-0.39, 0.29) is 11.7 Å². The van der Waals surface area contributed by atoms with Crippen molar-refractivity contribution in [3.8, 4) is 11.4 Å². The molecule has 0 fully saturated rings. The van der Waals surface area contributed by atoms with Crippen LogP contribution in [0.2, 0.25) is 0 Å². The Bertz CT molecular complexity index is 849. The van der Waals surface area contributed by atoms with E-state index in [4.69, 9.17) is 4.74 Å². The summed E-state index contributed by atoms with van der Waals surface area (Å²) in [4.78, 5) is 16.1. The monoisotopic (exact) mass is 355 g/mol. The molecule has 0 spiro atoms. The number of aromatic nitrogens is 4. The number of ether oxygens (including phenoxy) is 1. The van der Waals surface area contributed by atoms with Crippen LogP contribution in [0.25, 0.3) is 5.69 Å². The highest BCUT2D eigenvalue weighted by Crippen LogP contribution is 2.23. The molecule has 0 aliphatic carbocycles. The van der Waals surface area contributed by atoms with Crippen LogP contribution in [0.3, 0.4) is 0 Å². The highest BCUT2D eigenvalue weighted by atomic mass is 32.2. The van der Waals surface area contributed by atoms with Crippen molar-refractivity contribution in [1.82, 2.24) is 19.7 Å². The number of benzene rings is 1. The van der Waals surface area contributed by atoms with Gasteiger partial charge in [-0.2, -0.15) is 0 Å². The Kier molecular flexibility index (Phi) is 5.30. The fraction of sp³-hybridized carbons (Fsp3) is 0.176. The minimum absolute atomic E-state index is 0.125. The maximum Gasteiger partial charge on any atom is 0.234 e. The summed E-state index contributed by atoms with van der Waals surface area (Å²) >= 11 is 1.33. The first kappa shape index (κ1) is 17.0. The number of nitrogens with zero attached hydrogens (tertiary/aromatic N) is 4. The Balaban J connectivity index is 1.70. The van der Waals surface area contributed by atoms with Crippen molar-refractivity contribution >= 4 is 23.4 Å². The largest absolute Gasteiger partial charge is 0.497 e. The summed E-state index contributed by atoms with van der Waals surface area (Å²) in [5.41, 5.74) is 1.58. The topological polar surface area (TPSA) is 81.9 Å². The van der Waals surface area contributed by atoms with E-state index in [1.54, 1.807) is 31.6 Å². The molecule has 0 aliphatic heterocycles. The molecular formula is C17H17N5O2S. The molecular weight excluding hydrogens is 338 g/mol. The van der Waals surface area contributed by atoms with E-state index in [0.29, 0.717) is 10.8 Å². The van der Waals surface area contributed by atoms with Gasteiger partial charge in [-0.25, -0.2) is 0 Å². The Labute approximate surface area is 149 Å². The fourth-order valence-electron chi connectivity index (χ4n) is 2.23. The number of methoxy groups -OCH3 is 1. The van der Waals surface area contributed by atoms with Gasteiger partial charge in [-0.05, 0) is 43.3 Å². The summed E-state index contributed by atoms with van der Waals surface area (Å²) in [5, 5.41) is 11.7. The molecule has 0 radical (unpaired) electrons. The van der Waals surface area contributed by atoms with E-state index in [1.165, 1.54) is 11.8 Å². The van der Waals surface area contributed by atoms with E-state index in [2.05, 4.69) is 20.5 Å². The van der Waals surface area contributed by atoms with Crippen molar-refractivity contribution < 1.29 is 9.53 Å². The number of hydrogen-bond donors (Lipinski definition) is 1. The molecule has 0 saturated heterocycles. The van der Waals surface area contributed by atoms with Crippen molar-refractivity contribution in [2.75, 3.05) is 18.2 Å². The standard InChI is InChI=1S/C17H17N5O2S/c1-12-20-21-17(22(12)14-5-7-15(24-2)8-6-14)25-11-16(23)19-13-4-3-9-18-10-13/h3-10H,11H2,1-2H3,(H,19,23). The Morgan fingerprint density at radius 1 is 1.24 bits per heavy atom. The number of rotatable bonds is 6. The van der Waals surface area contributed by atoms with Crippen LogP contribution in [0.5, 0.6) is 5.75 Å². The SMILES string of the molecule is COc1ccc(-n2c(C)nnc2SCC(=O)Nc2cccnc2)cc1. The molecule has 0 saturated carbocycles. The van der Waals surface area contributed by atoms with E-state index < -0.39 is 0 Å². The van der Waals surface area contributed by atoms with Crippen LogP contribution in [0.15, 0.2) is 53.9 Å². The summed E-state index contributed by atoms with van der Waals surface area (Å²) in [7, 11) is 1.63. The van der Waals surface area contributed by atoms with E-state index in [0.717, 1.165) is 17.3 Å². The van der Waals surface area contributed by atoms with Gasteiger partial charge >= 0.3 is 0 Å². The Morgan fingerprint density at radius 2 is 2.04 bits per heavy atom. The molecule has 25 heavy (non-hydrogen) atoms. The van der Waals surface area contributed by atoms with Crippen LogP contribution in [-0.2, 0) is 4.79 Å². The fourth-order valence-corrected chi connectivity index (χ4v) is 3.03. The average Bonchev–Trinajstić information content (AvgIpc) is 3.01. The number of carbonyl (C=O) groups excluding carboxylic acids is 1. The molecule has 7 nitrogen and oxygen atoms in total. The van der Waals surface area contributed by atoms with Gasteiger partial charge in [0.05, 0.1) is 24.7 Å². The third-order valence-electron chi connectivity index (χ3n) is 3.40. The summed E-state index contributed by atoms with van der Waals surface area (Å²) < 4.78 is 7.08. The van der Waals surface area contributed by atoms with Crippen LogP contribution in [0, 0.1) is 6.92 Å². The van der Waals surface area contributed by atoms with Gasteiger partial charge < -0.3 is 10.1 Å². The van der Waals surface area contributed by atoms with Gasteiger partial charge in [-0.15, -0.1) is 10.2 Å². The molecule has 2 heterocycles. The number of nitrogens with one attached hydrogen (secondary N) is 1. The molecule has 1 amide bonds. The number of pyridine rings is 1. The molecule has 0 unspecified atom stereocenters. The lowest BCUT2D eigenvalue weighted by molar-refractivity contribution is -0.113. The van der Waals surface area contributed by atoms with Crippen molar-refractivity contribution in [2.45, 2.75) is 12.1 Å². The normalized spacial score (nSPS) is 10.5. The molecule has 8 heteroatoms. The molecule has 3 rings (SSSR count). The van der Waals surface area contributed by atoms with Crippen LogP contribution >= 0.6 is 11.8 Å². The predicted octanol–water partition coefficient (Wildman–Crippen LogP) is 2.71. The molecule has 2 aromatic heterocycles. The Morgan fingerprint density at radius 3 is 2.72 bits per heavy atom. The number of amides is 1. The second-order valence-electron chi connectivity index (χ2n) is 5.14. The van der Waals surface area contributed by atoms with Crippen LogP contribution in [0.4, 0.5) is 5.69 Å². The number of hydrogen-bond acceptors (Lipinski definition) is 6. The van der Waals surface area contributed by atoms with Crippen LogP contribution in [-0.4, -0.2) is 38.5 Å². The van der Waals surface area contributed by atoms with Gasteiger partial charge in [0.25, 0.3) is 0 Å². The average molecular weight is 355 g/mol. The number of thioether (sulfide) groups is 1. The first-order valence-electron chi connectivity index (χ1n) is 7.56. The molecule has 3 aromatic rings. The van der Waals surface area contributed by atoms with E-state index in [9.17, 15) is 4.79 Å². The maximum absolute atomic E-state index is 12.1. The maximum atomic E-state index is 12.1. The van der Waals surface area contributed by atoms with E-state index >= 15 is 0 Å². The van der Waals surface area contributed by atoms with Crippen molar-refractivity contribution in [3.05, 3.63) is 54.6 Å². The van der Waals surface area contributed by atoms with Gasteiger partial charge in [-0.1, -0.05) is 11.8 Å². The molecule has 0 atom stereocenters. The quantitative estimate of drug-likeness (QED) is 0.685. The highest BCUT2D eigenvalue weighted by molar-refractivity contribution is 7.99. The third-order valence-corrected chi connectivity index (χ3v) is 4.33. The van der Waals surface area contributed by atoms with Gasteiger partial charge in [0, 0.05) is 11.9 Å². The van der Waals surface area contributed by atoms with Gasteiger partial charge in [0.1, 0.15) is 11.6 Å². The summed E-state index contributed by atoms with van der Waals surface area (Å²) in [6.45, 7) is 1.87. The third kappa shape index (κ3) is 4.16. The second-order valence-corrected chi connectivity index (χ2v) is 6.08.